The summed E-state index contributed by atoms with van der Waals surface area (Å²) in [6.07, 6.45) is 0. The molecule has 2 aromatic rings. The topological polar surface area (TPSA) is 72.8 Å². The molecule has 5 heteroatoms. The number of carbonyl (C=O) groups excluding carboxylic acids is 2. The standard InChI is InChI=1S/C15H12O5/c1-10-8-13(6-7-14(10)19-9-16)20-15(18)11-2-4-12(17)5-3-11/h2-9,17H,1H3. The molecule has 0 radical (unpaired) electrons. The molecule has 0 atom stereocenters. The Bertz CT molecular complexity index is 631. The van der Waals surface area contributed by atoms with E-state index in [1.165, 1.54) is 30.3 Å². The van der Waals surface area contributed by atoms with Crippen molar-refractivity contribution in [1.29, 1.82) is 0 Å². The Kier molecular flexibility index (Phi) is 4.00. The number of phenols is 1. The van der Waals surface area contributed by atoms with Crippen molar-refractivity contribution in [3.63, 3.8) is 0 Å². The van der Waals surface area contributed by atoms with Crippen molar-refractivity contribution in [3.05, 3.63) is 53.6 Å². The van der Waals surface area contributed by atoms with Crippen LogP contribution in [0.1, 0.15) is 15.9 Å². The average Bonchev–Trinajstić information content (AvgIpc) is 2.42. The van der Waals surface area contributed by atoms with E-state index in [-0.39, 0.29) is 5.75 Å². The molecule has 0 aliphatic carbocycles. The van der Waals surface area contributed by atoms with Gasteiger partial charge in [-0.3, -0.25) is 4.79 Å². The second-order valence-corrected chi connectivity index (χ2v) is 4.08. The lowest BCUT2D eigenvalue weighted by atomic mass is 10.2. The molecule has 0 aromatic heterocycles. The van der Waals surface area contributed by atoms with E-state index in [4.69, 9.17) is 14.6 Å². The molecule has 102 valence electrons. The molecule has 0 saturated heterocycles. The fraction of sp³-hybridized carbons (Fsp3) is 0.0667. The Morgan fingerprint density at radius 1 is 1.15 bits per heavy atom. The van der Waals surface area contributed by atoms with Gasteiger partial charge in [0.25, 0.3) is 6.47 Å². The molecule has 0 bridgehead atoms. The van der Waals surface area contributed by atoms with Gasteiger partial charge in [0.1, 0.15) is 17.2 Å². The lowest BCUT2D eigenvalue weighted by Gasteiger charge is -2.07. The van der Waals surface area contributed by atoms with E-state index >= 15 is 0 Å². The zero-order chi connectivity index (χ0) is 14.5. The molecule has 1 N–H and O–H groups in total. The number of ether oxygens (including phenoxy) is 2. The number of benzene rings is 2. The summed E-state index contributed by atoms with van der Waals surface area (Å²) in [4.78, 5) is 22.1. The molecule has 2 rings (SSSR count). The van der Waals surface area contributed by atoms with Crippen LogP contribution < -0.4 is 9.47 Å². The summed E-state index contributed by atoms with van der Waals surface area (Å²) in [7, 11) is 0. The van der Waals surface area contributed by atoms with Crippen molar-refractivity contribution in [2.45, 2.75) is 6.92 Å². The second-order valence-electron chi connectivity index (χ2n) is 4.08. The number of phenolic OH excluding ortho intramolecular Hbond substituents is 1. The minimum atomic E-state index is -0.534. The summed E-state index contributed by atoms with van der Waals surface area (Å²) in [5, 5.41) is 9.15. The first-order valence-electron chi connectivity index (χ1n) is 5.82. The normalized spacial score (nSPS) is 9.85. The van der Waals surface area contributed by atoms with E-state index < -0.39 is 5.97 Å². The van der Waals surface area contributed by atoms with Crippen LogP contribution in [-0.4, -0.2) is 17.5 Å². The van der Waals surface area contributed by atoms with Gasteiger partial charge in [-0.2, -0.15) is 0 Å². The third kappa shape index (κ3) is 3.14. The van der Waals surface area contributed by atoms with Gasteiger partial charge in [0, 0.05) is 0 Å². The van der Waals surface area contributed by atoms with Crippen LogP contribution in [0.15, 0.2) is 42.5 Å². The average molecular weight is 272 g/mol. The quantitative estimate of drug-likeness (QED) is 0.526. The molecule has 0 unspecified atom stereocenters. The Morgan fingerprint density at radius 2 is 1.85 bits per heavy atom. The van der Waals surface area contributed by atoms with Gasteiger partial charge in [-0.1, -0.05) is 0 Å². The Morgan fingerprint density at radius 3 is 2.45 bits per heavy atom. The molecule has 0 aliphatic heterocycles. The van der Waals surface area contributed by atoms with Gasteiger partial charge in [-0.05, 0) is 55.0 Å². The van der Waals surface area contributed by atoms with Crippen LogP contribution in [0, 0.1) is 6.92 Å². The maximum Gasteiger partial charge on any atom is 0.343 e. The Hall–Kier alpha value is -2.82. The van der Waals surface area contributed by atoms with Crippen LogP contribution in [-0.2, 0) is 4.79 Å². The third-order valence-electron chi connectivity index (χ3n) is 2.64. The van der Waals surface area contributed by atoms with E-state index in [1.54, 1.807) is 19.1 Å². The Labute approximate surface area is 115 Å². The van der Waals surface area contributed by atoms with E-state index in [2.05, 4.69) is 0 Å². The zero-order valence-electron chi connectivity index (χ0n) is 10.7. The Balaban J connectivity index is 2.13. The lowest BCUT2D eigenvalue weighted by molar-refractivity contribution is -0.120. The first kappa shape index (κ1) is 13.6. The zero-order valence-corrected chi connectivity index (χ0v) is 10.7. The molecule has 0 saturated carbocycles. The highest BCUT2D eigenvalue weighted by molar-refractivity contribution is 5.91. The van der Waals surface area contributed by atoms with Crippen molar-refractivity contribution < 1.29 is 24.2 Å². The maximum atomic E-state index is 11.9. The molecule has 0 spiro atoms. The summed E-state index contributed by atoms with van der Waals surface area (Å²) >= 11 is 0. The first-order chi connectivity index (χ1) is 9.60. The molecular formula is C15H12O5. The highest BCUT2D eigenvalue weighted by Gasteiger charge is 2.10. The number of aryl methyl sites for hydroxylation is 1. The molecule has 0 amide bonds. The number of hydrogen-bond donors (Lipinski definition) is 1. The van der Waals surface area contributed by atoms with Crippen molar-refractivity contribution in [3.8, 4) is 17.2 Å². The summed E-state index contributed by atoms with van der Waals surface area (Å²) < 4.78 is 9.94. The lowest BCUT2D eigenvalue weighted by Crippen LogP contribution is -2.08. The summed E-state index contributed by atoms with van der Waals surface area (Å²) in [6.45, 7) is 2.07. The van der Waals surface area contributed by atoms with Crippen LogP contribution in [0.4, 0.5) is 0 Å². The monoisotopic (exact) mass is 272 g/mol. The summed E-state index contributed by atoms with van der Waals surface area (Å²) in [5.41, 5.74) is 1.00. The van der Waals surface area contributed by atoms with Gasteiger partial charge in [0.2, 0.25) is 0 Å². The highest BCUT2D eigenvalue weighted by atomic mass is 16.5. The minimum absolute atomic E-state index is 0.0766. The molecule has 0 fully saturated rings. The van der Waals surface area contributed by atoms with Crippen LogP contribution in [0.2, 0.25) is 0 Å². The SMILES string of the molecule is Cc1cc(OC(=O)c2ccc(O)cc2)ccc1OC=O. The van der Waals surface area contributed by atoms with Crippen LogP contribution in [0.25, 0.3) is 0 Å². The minimum Gasteiger partial charge on any atom is -0.508 e. The van der Waals surface area contributed by atoms with Gasteiger partial charge >= 0.3 is 5.97 Å². The van der Waals surface area contributed by atoms with E-state index in [9.17, 15) is 9.59 Å². The van der Waals surface area contributed by atoms with E-state index in [0.29, 0.717) is 29.1 Å². The van der Waals surface area contributed by atoms with Crippen molar-refractivity contribution in [2.75, 3.05) is 0 Å². The highest BCUT2D eigenvalue weighted by Crippen LogP contribution is 2.23. The van der Waals surface area contributed by atoms with Gasteiger partial charge in [-0.25, -0.2) is 4.79 Å². The predicted molar refractivity (Wildman–Crippen MR) is 70.9 cm³/mol. The fourth-order valence-electron chi connectivity index (χ4n) is 1.63. The third-order valence-corrected chi connectivity index (χ3v) is 2.64. The fourth-order valence-corrected chi connectivity index (χ4v) is 1.63. The summed E-state index contributed by atoms with van der Waals surface area (Å²) in [6, 6.07) is 10.4. The maximum absolute atomic E-state index is 11.9. The van der Waals surface area contributed by atoms with Crippen molar-refractivity contribution in [2.24, 2.45) is 0 Å². The second kappa shape index (κ2) is 5.88. The van der Waals surface area contributed by atoms with Gasteiger partial charge in [0.05, 0.1) is 5.56 Å². The largest absolute Gasteiger partial charge is 0.508 e. The number of rotatable bonds is 4. The number of esters is 1. The van der Waals surface area contributed by atoms with Crippen molar-refractivity contribution in [1.82, 2.24) is 0 Å². The molecule has 0 heterocycles. The summed E-state index contributed by atoms with van der Waals surface area (Å²) in [5.74, 6) is 0.296. The molecule has 0 aliphatic rings. The predicted octanol–water partition coefficient (Wildman–Crippen LogP) is 2.46. The number of hydrogen-bond acceptors (Lipinski definition) is 5. The van der Waals surface area contributed by atoms with Crippen LogP contribution in [0.5, 0.6) is 17.2 Å². The van der Waals surface area contributed by atoms with Gasteiger partial charge in [0.15, 0.2) is 0 Å². The molecule has 2 aromatic carbocycles. The first-order valence-corrected chi connectivity index (χ1v) is 5.82. The van der Waals surface area contributed by atoms with Gasteiger partial charge < -0.3 is 14.6 Å². The molecular weight excluding hydrogens is 260 g/mol. The molecule has 5 nitrogen and oxygen atoms in total. The van der Waals surface area contributed by atoms with E-state index in [0.717, 1.165) is 0 Å². The van der Waals surface area contributed by atoms with Crippen molar-refractivity contribution >= 4 is 12.4 Å². The molecule has 20 heavy (non-hydrogen) atoms. The number of carbonyl (C=O) groups is 2. The van der Waals surface area contributed by atoms with Gasteiger partial charge in [-0.15, -0.1) is 0 Å². The van der Waals surface area contributed by atoms with Crippen LogP contribution in [0.3, 0.4) is 0 Å². The number of aromatic hydroxyl groups is 1. The van der Waals surface area contributed by atoms with Crippen LogP contribution >= 0.6 is 0 Å². The van der Waals surface area contributed by atoms with E-state index in [1.807, 2.05) is 0 Å². The smallest absolute Gasteiger partial charge is 0.343 e.